The lowest BCUT2D eigenvalue weighted by molar-refractivity contribution is -0.136. The molecule has 2 aromatic heterocycles. The van der Waals surface area contributed by atoms with Crippen LogP contribution in [0.25, 0.3) is 10.9 Å². The minimum Gasteiger partial charge on any atom is -0.481 e. The lowest BCUT2D eigenvalue weighted by Crippen LogP contribution is -2.06. The Kier molecular flexibility index (Phi) is 3.25. The molecule has 0 spiro atoms. The molecule has 1 N–H and O–H groups in total. The number of carbonyl (C=O) groups is 1. The number of hydrogen-bond donors (Lipinski definition) is 1. The summed E-state index contributed by atoms with van der Waals surface area (Å²) in [5.41, 5.74) is 1.92. The Bertz CT molecular complexity index is 729. The van der Waals surface area contributed by atoms with Crippen LogP contribution in [0.4, 0.5) is 0 Å². The van der Waals surface area contributed by atoms with Gasteiger partial charge in [-0.3, -0.25) is 9.48 Å². The van der Waals surface area contributed by atoms with Gasteiger partial charge in [0.1, 0.15) is 0 Å². The van der Waals surface area contributed by atoms with Crippen LogP contribution in [0, 0.1) is 0 Å². The molecule has 5 nitrogen and oxygen atoms in total. The normalized spacial score (nSPS) is 11.0. The quantitative estimate of drug-likeness (QED) is 0.772. The second kappa shape index (κ2) is 5.21. The van der Waals surface area contributed by atoms with Crippen molar-refractivity contribution in [1.29, 1.82) is 0 Å². The Balaban J connectivity index is 1.91. The van der Waals surface area contributed by atoms with E-state index >= 15 is 0 Å². The van der Waals surface area contributed by atoms with Gasteiger partial charge in [0.05, 0.1) is 13.0 Å². The Labute approximate surface area is 116 Å². The first-order chi connectivity index (χ1) is 9.74. The zero-order valence-corrected chi connectivity index (χ0v) is 10.9. The van der Waals surface area contributed by atoms with Crippen LogP contribution in [0.1, 0.15) is 5.56 Å². The topological polar surface area (TPSA) is 60.0 Å². The summed E-state index contributed by atoms with van der Waals surface area (Å²) < 4.78 is 3.96. The van der Waals surface area contributed by atoms with Crippen LogP contribution in [-0.2, 0) is 24.3 Å². The second-order valence-electron chi connectivity index (χ2n) is 4.70. The van der Waals surface area contributed by atoms with E-state index < -0.39 is 5.97 Å². The molecule has 3 rings (SSSR count). The number of benzene rings is 1. The highest BCUT2D eigenvalue weighted by Crippen LogP contribution is 2.21. The molecule has 0 aliphatic heterocycles. The molecule has 0 saturated carbocycles. The third-order valence-electron chi connectivity index (χ3n) is 3.34. The van der Waals surface area contributed by atoms with Crippen LogP contribution in [0.2, 0.25) is 0 Å². The molecule has 0 radical (unpaired) electrons. The summed E-state index contributed by atoms with van der Waals surface area (Å²) in [5.74, 6) is -0.806. The van der Waals surface area contributed by atoms with Gasteiger partial charge in [0, 0.05) is 36.0 Å². The van der Waals surface area contributed by atoms with Crippen LogP contribution >= 0.6 is 0 Å². The maximum Gasteiger partial charge on any atom is 0.307 e. The van der Waals surface area contributed by atoms with Gasteiger partial charge in [0.15, 0.2) is 0 Å². The third-order valence-corrected chi connectivity index (χ3v) is 3.34. The summed E-state index contributed by atoms with van der Waals surface area (Å²) in [6.45, 7) is 1.53. The molecule has 0 unspecified atom stereocenters. The van der Waals surface area contributed by atoms with Gasteiger partial charge in [-0.25, -0.2) is 0 Å². The van der Waals surface area contributed by atoms with Gasteiger partial charge < -0.3 is 9.67 Å². The highest BCUT2D eigenvalue weighted by atomic mass is 16.4. The summed E-state index contributed by atoms with van der Waals surface area (Å²) >= 11 is 0. The van der Waals surface area contributed by atoms with E-state index in [1.165, 1.54) is 0 Å². The van der Waals surface area contributed by atoms with E-state index in [9.17, 15) is 4.79 Å². The maximum atomic E-state index is 10.9. The van der Waals surface area contributed by atoms with Crippen molar-refractivity contribution in [2.24, 2.45) is 0 Å². The predicted molar refractivity (Wildman–Crippen MR) is 75.5 cm³/mol. The zero-order chi connectivity index (χ0) is 13.9. The summed E-state index contributed by atoms with van der Waals surface area (Å²) in [5, 5.41) is 14.2. The molecular weight excluding hydrogens is 254 g/mol. The molecule has 20 heavy (non-hydrogen) atoms. The highest BCUT2D eigenvalue weighted by Gasteiger charge is 2.10. The fourth-order valence-corrected chi connectivity index (χ4v) is 2.45. The molecular formula is C15H15N3O2. The number of carboxylic acids is 1. The molecule has 102 valence electrons. The standard InChI is InChI=1S/C15H15N3O2/c19-15(20)10-12-11-17(8-9-18-7-3-6-16-18)14-5-2-1-4-13(12)14/h1-7,11H,8-10H2,(H,19,20). The summed E-state index contributed by atoms with van der Waals surface area (Å²) in [7, 11) is 0. The minimum absolute atomic E-state index is 0.0509. The zero-order valence-electron chi connectivity index (χ0n) is 10.9. The number of para-hydroxylation sites is 1. The smallest absolute Gasteiger partial charge is 0.307 e. The van der Waals surface area contributed by atoms with Gasteiger partial charge in [0.2, 0.25) is 0 Å². The molecule has 2 heterocycles. The van der Waals surface area contributed by atoms with Crippen molar-refractivity contribution in [3.05, 3.63) is 54.5 Å². The summed E-state index contributed by atoms with van der Waals surface area (Å²) in [6, 6.07) is 9.79. The summed E-state index contributed by atoms with van der Waals surface area (Å²) in [6.07, 6.45) is 5.66. The Morgan fingerprint density at radius 1 is 1.20 bits per heavy atom. The largest absolute Gasteiger partial charge is 0.481 e. The molecule has 1 aromatic carbocycles. The molecule has 3 aromatic rings. The van der Waals surface area contributed by atoms with Gasteiger partial charge in [-0.1, -0.05) is 18.2 Å². The average Bonchev–Trinajstić information content (AvgIpc) is 3.05. The van der Waals surface area contributed by atoms with Gasteiger partial charge >= 0.3 is 5.97 Å². The van der Waals surface area contributed by atoms with Crippen molar-refractivity contribution in [3.63, 3.8) is 0 Å². The second-order valence-corrected chi connectivity index (χ2v) is 4.70. The number of hydrogen-bond acceptors (Lipinski definition) is 2. The fourth-order valence-electron chi connectivity index (χ4n) is 2.45. The van der Waals surface area contributed by atoms with Crippen molar-refractivity contribution >= 4 is 16.9 Å². The highest BCUT2D eigenvalue weighted by molar-refractivity contribution is 5.87. The van der Waals surface area contributed by atoms with Crippen LogP contribution < -0.4 is 0 Å². The van der Waals surface area contributed by atoms with Crippen molar-refractivity contribution in [1.82, 2.24) is 14.3 Å². The van der Waals surface area contributed by atoms with Crippen molar-refractivity contribution in [2.45, 2.75) is 19.5 Å². The monoisotopic (exact) mass is 269 g/mol. The van der Waals surface area contributed by atoms with Crippen LogP contribution in [0.5, 0.6) is 0 Å². The number of aromatic nitrogens is 3. The first-order valence-corrected chi connectivity index (χ1v) is 6.50. The average molecular weight is 269 g/mol. The van der Waals surface area contributed by atoms with E-state index in [4.69, 9.17) is 5.11 Å². The maximum absolute atomic E-state index is 10.9. The van der Waals surface area contributed by atoms with Crippen molar-refractivity contribution < 1.29 is 9.90 Å². The van der Waals surface area contributed by atoms with E-state index in [0.29, 0.717) is 0 Å². The fraction of sp³-hybridized carbons (Fsp3) is 0.200. The predicted octanol–water partition coefficient (Wildman–Crippen LogP) is 2.17. The van der Waals surface area contributed by atoms with E-state index in [-0.39, 0.29) is 6.42 Å². The minimum atomic E-state index is -0.806. The van der Waals surface area contributed by atoms with Crippen LogP contribution in [0.15, 0.2) is 48.9 Å². The number of carboxylic acid groups (broad SMARTS) is 1. The van der Waals surface area contributed by atoms with Crippen LogP contribution in [-0.4, -0.2) is 25.4 Å². The van der Waals surface area contributed by atoms with Crippen molar-refractivity contribution in [3.8, 4) is 0 Å². The molecule has 0 atom stereocenters. The first-order valence-electron chi connectivity index (χ1n) is 6.50. The van der Waals surface area contributed by atoms with E-state index in [1.54, 1.807) is 6.20 Å². The molecule has 0 bridgehead atoms. The Morgan fingerprint density at radius 2 is 2.05 bits per heavy atom. The number of rotatable bonds is 5. The molecule has 0 amide bonds. The lowest BCUT2D eigenvalue weighted by atomic mass is 10.1. The lowest BCUT2D eigenvalue weighted by Gasteiger charge is -2.05. The molecule has 0 aliphatic rings. The third kappa shape index (κ3) is 2.42. The van der Waals surface area contributed by atoms with Gasteiger partial charge in [-0.15, -0.1) is 0 Å². The molecule has 0 fully saturated rings. The van der Waals surface area contributed by atoms with Gasteiger partial charge in [-0.05, 0) is 17.7 Å². The van der Waals surface area contributed by atoms with E-state index in [1.807, 2.05) is 47.4 Å². The molecule has 0 saturated heterocycles. The SMILES string of the molecule is O=C(O)Cc1cn(CCn2cccn2)c2ccccc12. The van der Waals surface area contributed by atoms with Crippen molar-refractivity contribution in [2.75, 3.05) is 0 Å². The van der Waals surface area contributed by atoms with Gasteiger partial charge in [-0.2, -0.15) is 5.10 Å². The Morgan fingerprint density at radius 3 is 2.80 bits per heavy atom. The van der Waals surface area contributed by atoms with E-state index in [2.05, 4.69) is 9.67 Å². The van der Waals surface area contributed by atoms with E-state index in [0.717, 1.165) is 29.6 Å². The first kappa shape index (κ1) is 12.5. The Hall–Kier alpha value is -2.56. The number of aliphatic carboxylic acids is 1. The van der Waals surface area contributed by atoms with Crippen LogP contribution in [0.3, 0.4) is 0 Å². The number of fused-ring (bicyclic) bond motifs is 1. The molecule has 0 aliphatic carbocycles. The summed E-state index contributed by atoms with van der Waals surface area (Å²) in [4.78, 5) is 10.9. The van der Waals surface area contributed by atoms with Gasteiger partial charge in [0.25, 0.3) is 0 Å². The number of nitrogens with zero attached hydrogens (tertiary/aromatic N) is 3. The number of aryl methyl sites for hydroxylation is 2. The molecule has 5 heteroatoms.